The molecule has 1 aliphatic rings. The molecule has 1 saturated carbocycles. The number of carbonyl (C=O) groups is 1. The minimum Gasteiger partial charge on any atom is -0.337 e. The van der Waals surface area contributed by atoms with Crippen LogP contribution in [0.5, 0.6) is 0 Å². The summed E-state index contributed by atoms with van der Waals surface area (Å²) in [4.78, 5) is 14.8. The Kier molecular flexibility index (Phi) is 3.19. The van der Waals surface area contributed by atoms with Gasteiger partial charge in [-0.3, -0.25) is 4.79 Å². The predicted molar refractivity (Wildman–Crippen MR) is 58.9 cm³/mol. The Morgan fingerprint density at radius 2 is 2.27 bits per heavy atom. The van der Waals surface area contributed by atoms with Gasteiger partial charge in [0.15, 0.2) is 6.29 Å². The van der Waals surface area contributed by atoms with Crippen molar-refractivity contribution < 1.29 is 4.79 Å². The van der Waals surface area contributed by atoms with Crippen LogP contribution >= 0.6 is 0 Å². The molecule has 0 saturated heterocycles. The lowest BCUT2D eigenvalue weighted by atomic mass is 10.00. The second-order valence-electron chi connectivity index (χ2n) is 4.49. The molecule has 0 N–H and O–H groups in total. The molecule has 0 aromatic carbocycles. The Bertz CT molecular complexity index is 337. The molecule has 1 fully saturated rings. The van der Waals surface area contributed by atoms with Crippen molar-refractivity contribution in [2.45, 2.75) is 38.5 Å². The fraction of sp³-hybridized carbons (Fsp3) is 0.667. The van der Waals surface area contributed by atoms with Crippen molar-refractivity contribution in [3.8, 4) is 0 Å². The van der Waals surface area contributed by atoms with Crippen molar-refractivity contribution in [3.05, 3.63) is 17.7 Å². The van der Waals surface area contributed by atoms with E-state index in [9.17, 15) is 4.79 Å². The summed E-state index contributed by atoms with van der Waals surface area (Å²) >= 11 is 0. The molecule has 2 rings (SSSR count). The zero-order valence-corrected chi connectivity index (χ0v) is 9.28. The molecule has 1 aromatic heterocycles. The monoisotopic (exact) mass is 206 g/mol. The van der Waals surface area contributed by atoms with Gasteiger partial charge in [0.2, 0.25) is 0 Å². The summed E-state index contributed by atoms with van der Waals surface area (Å²) in [5.74, 6) is 0.874. The smallest absolute Gasteiger partial charge is 0.170 e. The van der Waals surface area contributed by atoms with Crippen LogP contribution in [0.2, 0.25) is 0 Å². The maximum atomic E-state index is 10.8. The largest absolute Gasteiger partial charge is 0.337 e. The Balaban J connectivity index is 1.96. The van der Waals surface area contributed by atoms with Gasteiger partial charge in [-0.15, -0.1) is 0 Å². The molecule has 0 aliphatic heterocycles. The highest BCUT2D eigenvalue weighted by atomic mass is 16.1. The number of hydrogen-bond donors (Lipinski definition) is 0. The van der Waals surface area contributed by atoms with Crippen LogP contribution in [-0.2, 0) is 13.5 Å². The number of carbonyl (C=O) groups excluding carboxylic acids is 1. The first-order valence-electron chi connectivity index (χ1n) is 5.76. The minimum absolute atomic E-state index is 0.621. The number of aromatic nitrogens is 2. The average molecular weight is 206 g/mol. The second kappa shape index (κ2) is 4.60. The average Bonchev–Trinajstić information content (AvgIpc) is 2.84. The van der Waals surface area contributed by atoms with E-state index in [1.807, 2.05) is 11.6 Å². The molecule has 1 heterocycles. The van der Waals surface area contributed by atoms with Gasteiger partial charge in [0.25, 0.3) is 0 Å². The van der Waals surface area contributed by atoms with Crippen molar-refractivity contribution in [1.82, 2.24) is 9.55 Å². The topological polar surface area (TPSA) is 34.9 Å². The molecular formula is C12H18N2O. The summed E-state index contributed by atoms with van der Waals surface area (Å²) in [6.07, 6.45) is 10.3. The quantitative estimate of drug-likeness (QED) is 0.709. The molecule has 15 heavy (non-hydrogen) atoms. The number of aldehydes is 1. The van der Waals surface area contributed by atoms with E-state index in [1.165, 1.54) is 32.1 Å². The number of hydrogen-bond acceptors (Lipinski definition) is 2. The molecule has 0 spiro atoms. The maximum absolute atomic E-state index is 10.8. The predicted octanol–water partition coefficient (Wildman–Crippen LogP) is 2.36. The van der Waals surface area contributed by atoms with Crippen molar-refractivity contribution in [1.29, 1.82) is 0 Å². The van der Waals surface area contributed by atoms with E-state index in [4.69, 9.17) is 0 Å². The molecule has 0 radical (unpaired) electrons. The summed E-state index contributed by atoms with van der Waals surface area (Å²) in [6.45, 7) is 0. The molecule has 0 amide bonds. The molecule has 1 aliphatic carbocycles. The summed E-state index contributed by atoms with van der Waals surface area (Å²) < 4.78 is 1.97. The van der Waals surface area contributed by atoms with Crippen LogP contribution < -0.4 is 0 Å². The van der Waals surface area contributed by atoms with E-state index >= 15 is 0 Å². The van der Waals surface area contributed by atoms with Gasteiger partial charge in [0.05, 0.1) is 6.33 Å². The minimum atomic E-state index is 0.621. The number of rotatable bonds is 4. The van der Waals surface area contributed by atoms with Crippen LogP contribution in [-0.4, -0.2) is 15.8 Å². The summed E-state index contributed by atoms with van der Waals surface area (Å²) in [7, 11) is 1.96. The van der Waals surface area contributed by atoms with E-state index in [2.05, 4.69) is 4.98 Å². The van der Waals surface area contributed by atoms with Gasteiger partial charge in [-0.1, -0.05) is 25.7 Å². The Morgan fingerprint density at radius 3 is 2.93 bits per heavy atom. The van der Waals surface area contributed by atoms with E-state index in [-0.39, 0.29) is 0 Å². The number of nitrogens with zero attached hydrogens (tertiary/aromatic N) is 2. The zero-order chi connectivity index (χ0) is 10.7. The van der Waals surface area contributed by atoms with Crippen LogP contribution in [0.3, 0.4) is 0 Å². The summed E-state index contributed by atoms with van der Waals surface area (Å²) in [5.41, 5.74) is 1.72. The van der Waals surface area contributed by atoms with E-state index in [0.717, 1.165) is 24.3 Å². The van der Waals surface area contributed by atoms with Crippen molar-refractivity contribution in [2.24, 2.45) is 13.0 Å². The Morgan fingerprint density at radius 1 is 1.53 bits per heavy atom. The molecule has 3 nitrogen and oxygen atoms in total. The molecule has 0 atom stereocenters. The highest BCUT2D eigenvalue weighted by molar-refractivity contribution is 5.73. The van der Waals surface area contributed by atoms with Gasteiger partial charge in [-0.2, -0.15) is 0 Å². The van der Waals surface area contributed by atoms with Gasteiger partial charge >= 0.3 is 0 Å². The first kappa shape index (κ1) is 10.4. The fourth-order valence-electron chi connectivity index (χ4n) is 2.52. The van der Waals surface area contributed by atoms with Crippen molar-refractivity contribution >= 4 is 6.29 Å². The van der Waals surface area contributed by atoms with Gasteiger partial charge < -0.3 is 4.57 Å². The highest BCUT2D eigenvalue weighted by Crippen LogP contribution is 2.28. The molecular weight excluding hydrogens is 188 g/mol. The molecule has 0 unspecified atom stereocenters. The Labute approximate surface area is 90.5 Å². The first-order valence-corrected chi connectivity index (χ1v) is 5.76. The van der Waals surface area contributed by atoms with Crippen LogP contribution in [0, 0.1) is 5.92 Å². The lowest BCUT2D eigenvalue weighted by molar-refractivity contribution is 0.111. The van der Waals surface area contributed by atoms with E-state index < -0.39 is 0 Å². The molecule has 3 heteroatoms. The standard InChI is InChI=1S/C12H18N2O/c1-14-9-13-11(8-15)12(14)7-6-10-4-2-3-5-10/h8-10H,2-7H2,1H3. The van der Waals surface area contributed by atoms with Crippen LogP contribution in [0.25, 0.3) is 0 Å². The van der Waals surface area contributed by atoms with Crippen molar-refractivity contribution in [2.75, 3.05) is 0 Å². The lowest BCUT2D eigenvalue weighted by Gasteiger charge is -2.09. The number of imidazole rings is 1. The SMILES string of the molecule is Cn1cnc(C=O)c1CCC1CCCC1. The van der Waals surface area contributed by atoms with Gasteiger partial charge in [0.1, 0.15) is 5.69 Å². The molecule has 1 aromatic rings. The Hall–Kier alpha value is -1.12. The third-order valence-electron chi connectivity index (χ3n) is 3.47. The van der Waals surface area contributed by atoms with Crippen molar-refractivity contribution in [3.63, 3.8) is 0 Å². The number of aryl methyl sites for hydroxylation is 1. The summed E-state index contributed by atoms with van der Waals surface area (Å²) in [5, 5.41) is 0. The molecule has 82 valence electrons. The summed E-state index contributed by atoms with van der Waals surface area (Å²) in [6, 6.07) is 0. The third-order valence-corrected chi connectivity index (χ3v) is 3.47. The lowest BCUT2D eigenvalue weighted by Crippen LogP contribution is -2.03. The normalized spacial score (nSPS) is 17.1. The van der Waals surface area contributed by atoms with Gasteiger partial charge in [0, 0.05) is 12.7 Å². The van der Waals surface area contributed by atoms with E-state index in [1.54, 1.807) is 6.33 Å². The maximum Gasteiger partial charge on any atom is 0.170 e. The third kappa shape index (κ3) is 2.28. The van der Waals surface area contributed by atoms with Crippen LogP contribution in [0.15, 0.2) is 6.33 Å². The van der Waals surface area contributed by atoms with E-state index in [0.29, 0.717) is 5.69 Å². The second-order valence-corrected chi connectivity index (χ2v) is 4.49. The molecule has 0 bridgehead atoms. The van der Waals surface area contributed by atoms with Gasteiger partial charge in [-0.25, -0.2) is 4.98 Å². The fourth-order valence-corrected chi connectivity index (χ4v) is 2.52. The first-order chi connectivity index (χ1) is 7.31. The highest BCUT2D eigenvalue weighted by Gasteiger charge is 2.16. The van der Waals surface area contributed by atoms with Gasteiger partial charge in [-0.05, 0) is 18.8 Å². The zero-order valence-electron chi connectivity index (χ0n) is 9.28. The van der Waals surface area contributed by atoms with Crippen LogP contribution in [0.4, 0.5) is 0 Å². The van der Waals surface area contributed by atoms with Crippen LogP contribution in [0.1, 0.15) is 48.3 Å².